The third-order valence-electron chi connectivity index (χ3n) is 2.82. The van der Waals surface area contributed by atoms with Gasteiger partial charge in [-0.25, -0.2) is 12.8 Å². The van der Waals surface area contributed by atoms with E-state index in [4.69, 9.17) is 5.73 Å². The van der Waals surface area contributed by atoms with Crippen LogP contribution in [0.1, 0.15) is 5.56 Å². The smallest absolute Gasteiger partial charge is 0.273 e. The molecule has 0 amide bonds. The van der Waals surface area contributed by atoms with Gasteiger partial charge in [-0.1, -0.05) is 0 Å². The van der Waals surface area contributed by atoms with Crippen LogP contribution in [0.3, 0.4) is 0 Å². The number of anilines is 1. The Bertz CT molecular complexity index is 788. The number of rotatable bonds is 4. The van der Waals surface area contributed by atoms with Crippen LogP contribution in [-0.2, 0) is 15.6 Å². The Morgan fingerprint density at radius 2 is 1.76 bits per heavy atom. The number of nitrogens with zero attached hydrogens (tertiary/aromatic N) is 1. The number of nitro groups is 1. The van der Waals surface area contributed by atoms with Gasteiger partial charge in [0.1, 0.15) is 5.82 Å². The lowest BCUT2D eigenvalue weighted by Crippen LogP contribution is -2.07. The second kappa shape index (κ2) is 5.49. The highest BCUT2D eigenvalue weighted by Crippen LogP contribution is 2.25. The van der Waals surface area contributed by atoms with Crippen LogP contribution in [0.5, 0.6) is 0 Å². The lowest BCUT2D eigenvalue weighted by Gasteiger charge is -2.06. The molecule has 2 aromatic rings. The number of halogens is 1. The molecule has 0 bridgehead atoms. The number of sulfone groups is 1. The molecule has 0 unspecified atom stereocenters. The minimum Gasteiger partial charge on any atom is -0.399 e. The summed E-state index contributed by atoms with van der Waals surface area (Å²) in [6.45, 7) is 0. The maximum Gasteiger partial charge on any atom is 0.273 e. The molecule has 110 valence electrons. The summed E-state index contributed by atoms with van der Waals surface area (Å²) in [4.78, 5) is 10.1. The predicted molar refractivity (Wildman–Crippen MR) is 74.8 cm³/mol. The van der Waals surface area contributed by atoms with Crippen molar-refractivity contribution in [3.05, 3.63) is 64.0 Å². The van der Waals surface area contributed by atoms with E-state index in [2.05, 4.69) is 0 Å². The molecule has 6 nitrogen and oxygen atoms in total. The molecule has 0 saturated heterocycles. The quantitative estimate of drug-likeness (QED) is 0.530. The van der Waals surface area contributed by atoms with Gasteiger partial charge in [0.05, 0.1) is 15.6 Å². The molecule has 0 aliphatic rings. The third-order valence-corrected chi connectivity index (χ3v) is 4.50. The van der Waals surface area contributed by atoms with Gasteiger partial charge >= 0.3 is 0 Å². The fourth-order valence-electron chi connectivity index (χ4n) is 1.81. The Hall–Kier alpha value is -2.48. The van der Waals surface area contributed by atoms with E-state index in [-0.39, 0.29) is 10.5 Å². The van der Waals surface area contributed by atoms with E-state index in [0.717, 1.165) is 18.2 Å². The molecule has 0 heterocycles. The van der Waals surface area contributed by atoms with Crippen molar-refractivity contribution in [2.45, 2.75) is 10.6 Å². The first-order valence-corrected chi connectivity index (χ1v) is 7.46. The second-order valence-corrected chi connectivity index (χ2v) is 6.35. The highest BCUT2D eigenvalue weighted by Gasteiger charge is 2.22. The summed E-state index contributed by atoms with van der Waals surface area (Å²) in [6.07, 6.45) is 0. The average molecular weight is 310 g/mol. The van der Waals surface area contributed by atoms with Crippen molar-refractivity contribution in [1.82, 2.24) is 0 Å². The van der Waals surface area contributed by atoms with Gasteiger partial charge in [-0.05, 0) is 36.4 Å². The molecule has 0 spiro atoms. The predicted octanol–water partition coefficient (Wildman–Crippen LogP) is 2.29. The molecular weight excluding hydrogens is 299 g/mol. The van der Waals surface area contributed by atoms with Gasteiger partial charge in [0.25, 0.3) is 5.69 Å². The van der Waals surface area contributed by atoms with Crippen LogP contribution in [0.15, 0.2) is 47.4 Å². The van der Waals surface area contributed by atoms with Crippen LogP contribution < -0.4 is 5.73 Å². The van der Waals surface area contributed by atoms with Crippen molar-refractivity contribution in [1.29, 1.82) is 0 Å². The highest BCUT2D eigenvalue weighted by atomic mass is 32.2. The standard InChI is InChI=1S/C13H11FN2O4S/c14-10-1-6-13(16(17)18)9(7-10)8-21(19,20)12-4-2-11(15)3-5-12/h1-7H,8,15H2. The van der Waals surface area contributed by atoms with Gasteiger partial charge in [-0.2, -0.15) is 0 Å². The van der Waals surface area contributed by atoms with Crippen LogP contribution in [-0.4, -0.2) is 13.3 Å². The lowest BCUT2D eigenvalue weighted by molar-refractivity contribution is -0.385. The molecule has 0 aromatic heterocycles. The molecule has 8 heteroatoms. The summed E-state index contributed by atoms with van der Waals surface area (Å²) in [5.41, 5.74) is 5.23. The van der Waals surface area contributed by atoms with E-state index in [9.17, 15) is 22.9 Å². The molecule has 0 aliphatic heterocycles. The van der Waals surface area contributed by atoms with Crippen molar-refractivity contribution in [3.8, 4) is 0 Å². The Labute approximate surface area is 120 Å². The third kappa shape index (κ3) is 3.34. The molecule has 0 fully saturated rings. The number of hydrogen-bond donors (Lipinski definition) is 1. The summed E-state index contributed by atoms with van der Waals surface area (Å²) >= 11 is 0. The first-order valence-electron chi connectivity index (χ1n) is 5.81. The van der Waals surface area contributed by atoms with Crippen molar-refractivity contribution in [2.24, 2.45) is 0 Å². The van der Waals surface area contributed by atoms with Crippen LogP contribution >= 0.6 is 0 Å². The molecular formula is C13H11FN2O4S. The van der Waals surface area contributed by atoms with Crippen LogP contribution in [0.2, 0.25) is 0 Å². The zero-order valence-electron chi connectivity index (χ0n) is 10.7. The normalized spacial score (nSPS) is 11.3. The summed E-state index contributed by atoms with van der Waals surface area (Å²) in [5, 5.41) is 10.9. The molecule has 2 N–H and O–H groups in total. The van der Waals surface area contributed by atoms with E-state index in [1.807, 2.05) is 0 Å². The number of benzene rings is 2. The molecule has 0 atom stereocenters. The zero-order chi connectivity index (χ0) is 15.6. The number of nitrogen functional groups attached to an aromatic ring is 1. The monoisotopic (exact) mass is 310 g/mol. The van der Waals surface area contributed by atoms with Gasteiger partial charge in [0.15, 0.2) is 9.84 Å². The summed E-state index contributed by atoms with van der Waals surface area (Å²) in [5.74, 6) is -1.39. The Balaban J connectivity index is 2.43. The molecule has 2 rings (SSSR count). The van der Waals surface area contributed by atoms with Gasteiger partial charge in [-0.3, -0.25) is 10.1 Å². The van der Waals surface area contributed by atoms with Crippen LogP contribution in [0.4, 0.5) is 15.8 Å². The lowest BCUT2D eigenvalue weighted by atomic mass is 10.2. The molecule has 0 radical (unpaired) electrons. The van der Waals surface area contributed by atoms with E-state index in [1.165, 1.54) is 24.3 Å². The van der Waals surface area contributed by atoms with E-state index in [0.29, 0.717) is 5.69 Å². The molecule has 21 heavy (non-hydrogen) atoms. The van der Waals surface area contributed by atoms with Gasteiger partial charge in [-0.15, -0.1) is 0 Å². The average Bonchev–Trinajstić information content (AvgIpc) is 2.38. The number of hydrogen-bond acceptors (Lipinski definition) is 5. The largest absolute Gasteiger partial charge is 0.399 e. The second-order valence-electron chi connectivity index (χ2n) is 4.36. The zero-order valence-corrected chi connectivity index (χ0v) is 11.5. The fourth-order valence-corrected chi connectivity index (χ4v) is 3.17. The maximum absolute atomic E-state index is 13.2. The number of nitro benzene ring substituents is 1. The minimum absolute atomic E-state index is 0.0322. The van der Waals surface area contributed by atoms with Crippen LogP contribution in [0, 0.1) is 15.9 Å². The molecule has 0 saturated carbocycles. The van der Waals surface area contributed by atoms with Crippen molar-refractivity contribution in [3.63, 3.8) is 0 Å². The van der Waals surface area contributed by atoms with Crippen molar-refractivity contribution < 1.29 is 17.7 Å². The Morgan fingerprint density at radius 3 is 2.33 bits per heavy atom. The van der Waals surface area contributed by atoms with Gasteiger partial charge in [0.2, 0.25) is 0 Å². The molecule has 0 aliphatic carbocycles. The van der Waals surface area contributed by atoms with Crippen LogP contribution in [0.25, 0.3) is 0 Å². The number of nitrogens with two attached hydrogens (primary N) is 1. The first kappa shape index (κ1) is 14.9. The van der Waals surface area contributed by atoms with Crippen molar-refractivity contribution >= 4 is 21.2 Å². The molecule has 2 aromatic carbocycles. The summed E-state index contributed by atoms with van der Waals surface area (Å²) in [7, 11) is -3.83. The van der Waals surface area contributed by atoms with E-state index in [1.54, 1.807) is 0 Å². The minimum atomic E-state index is -3.83. The van der Waals surface area contributed by atoms with E-state index < -0.39 is 32.0 Å². The topological polar surface area (TPSA) is 103 Å². The Morgan fingerprint density at radius 1 is 1.14 bits per heavy atom. The van der Waals surface area contributed by atoms with Gasteiger partial charge < -0.3 is 5.73 Å². The highest BCUT2D eigenvalue weighted by molar-refractivity contribution is 7.90. The summed E-state index contributed by atoms with van der Waals surface area (Å²) in [6, 6.07) is 8.14. The van der Waals surface area contributed by atoms with E-state index >= 15 is 0 Å². The first-order chi connectivity index (χ1) is 9.79. The summed E-state index contributed by atoms with van der Waals surface area (Å²) < 4.78 is 37.6. The SMILES string of the molecule is Nc1ccc(S(=O)(=O)Cc2cc(F)ccc2[N+](=O)[O-])cc1. The Kier molecular flexibility index (Phi) is 3.90. The fraction of sp³-hybridized carbons (Fsp3) is 0.0769. The van der Waals surface area contributed by atoms with Crippen molar-refractivity contribution in [2.75, 3.05) is 5.73 Å². The maximum atomic E-state index is 13.2. The van der Waals surface area contributed by atoms with Gasteiger partial charge in [0, 0.05) is 17.3 Å².